The number of nitrogens with zero attached hydrogens (tertiary/aromatic N) is 6. The first-order valence-electron chi connectivity index (χ1n) is 12.7. The summed E-state index contributed by atoms with van der Waals surface area (Å²) in [7, 11) is 7.95. The molecule has 7 heteroatoms. The molecule has 0 radical (unpaired) electrons. The molecule has 1 aliphatic rings. The van der Waals surface area contributed by atoms with Crippen LogP contribution in [0.4, 0.5) is 22.7 Å². The van der Waals surface area contributed by atoms with Gasteiger partial charge in [-0.15, -0.1) is 0 Å². The van der Waals surface area contributed by atoms with Gasteiger partial charge in [0, 0.05) is 50.7 Å². The minimum Gasteiger partial charge on any atom is -0.378 e. The molecule has 0 unspecified atom stereocenters. The predicted molar refractivity (Wildman–Crippen MR) is 162 cm³/mol. The molecule has 0 N–H and O–H groups in total. The Hall–Kier alpha value is -5.04. The smallest absolute Gasteiger partial charge is 0.264 e. The zero-order valence-electron chi connectivity index (χ0n) is 22.5. The van der Waals surface area contributed by atoms with Crippen molar-refractivity contribution in [1.82, 2.24) is 0 Å². The van der Waals surface area contributed by atoms with Gasteiger partial charge in [-0.05, 0) is 60.7 Å². The molecule has 0 saturated heterocycles. The molecule has 0 saturated carbocycles. The quantitative estimate of drug-likeness (QED) is 0.314. The van der Waals surface area contributed by atoms with Crippen LogP contribution in [0.2, 0.25) is 0 Å². The first kappa shape index (κ1) is 25.6. The molecule has 4 aromatic rings. The zero-order valence-corrected chi connectivity index (χ0v) is 22.5. The van der Waals surface area contributed by atoms with Crippen molar-refractivity contribution in [3.63, 3.8) is 0 Å². The number of hydrogen-bond acceptors (Lipinski definition) is 5. The largest absolute Gasteiger partial charge is 0.378 e. The lowest BCUT2D eigenvalue weighted by Crippen LogP contribution is -2.40. The summed E-state index contributed by atoms with van der Waals surface area (Å²) in [5.74, 6) is 1.03. The number of carbonyl (C=O) groups is 1. The van der Waals surface area contributed by atoms with Crippen LogP contribution in [0.1, 0.15) is 15.9 Å². The molecule has 1 heterocycles. The lowest BCUT2D eigenvalue weighted by molar-refractivity contribution is 0.100. The van der Waals surface area contributed by atoms with Crippen LogP contribution in [0.3, 0.4) is 0 Å². The third-order valence-electron chi connectivity index (χ3n) is 6.32. The van der Waals surface area contributed by atoms with Gasteiger partial charge in [-0.3, -0.25) is 9.69 Å². The summed E-state index contributed by atoms with van der Waals surface area (Å²) in [5.41, 5.74) is 4.87. The van der Waals surface area contributed by atoms with E-state index in [1.165, 1.54) is 0 Å². The topological polar surface area (TPSA) is 63.9 Å². The van der Waals surface area contributed by atoms with Crippen molar-refractivity contribution < 1.29 is 4.79 Å². The van der Waals surface area contributed by atoms with Crippen molar-refractivity contribution in [2.24, 2.45) is 15.0 Å². The van der Waals surface area contributed by atoms with Gasteiger partial charge in [-0.25, -0.2) is 15.0 Å². The molecular weight excluding hydrogens is 484 g/mol. The van der Waals surface area contributed by atoms with Crippen LogP contribution in [0, 0.1) is 0 Å². The first-order valence-corrected chi connectivity index (χ1v) is 12.7. The number of hydrogen-bond donors (Lipinski definition) is 0. The Labute approximate surface area is 229 Å². The maximum atomic E-state index is 14.0. The van der Waals surface area contributed by atoms with Gasteiger partial charge < -0.3 is 9.80 Å². The SMILES string of the molecule is CN(C)c1ccc(N=C2N=C(c3ccccc3)N=C2N(C(=O)c2ccccc2)c2ccc(N(C)C)cc2)cc1. The number of aliphatic imine (C=N–C) groups is 3. The van der Waals surface area contributed by atoms with E-state index in [4.69, 9.17) is 15.0 Å². The molecule has 0 aliphatic carbocycles. The van der Waals surface area contributed by atoms with E-state index >= 15 is 0 Å². The number of carbonyl (C=O) groups excluding carboxylic acids is 1. The van der Waals surface area contributed by atoms with Crippen LogP contribution in [0.5, 0.6) is 0 Å². The molecule has 0 atom stereocenters. The van der Waals surface area contributed by atoms with Crippen molar-refractivity contribution in [3.8, 4) is 0 Å². The van der Waals surface area contributed by atoms with Gasteiger partial charge in [-0.1, -0.05) is 48.5 Å². The van der Waals surface area contributed by atoms with E-state index in [0.717, 1.165) is 22.6 Å². The van der Waals surface area contributed by atoms with E-state index in [1.807, 2.05) is 135 Å². The second-order valence-corrected chi connectivity index (χ2v) is 9.50. The third-order valence-corrected chi connectivity index (χ3v) is 6.32. The summed E-state index contributed by atoms with van der Waals surface area (Å²) >= 11 is 0. The molecule has 1 amide bonds. The maximum absolute atomic E-state index is 14.0. The third kappa shape index (κ3) is 5.62. The van der Waals surface area contributed by atoms with E-state index in [2.05, 4.69) is 0 Å². The predicted octanol–water partition coefficient (Wildman–Crippen LogP) is 6.05. The highest BCUT2D eigenvalue weighted by Crippen LogP contribution is 2.26. The van der Waals surface area contributed by atoms with E-state index < -0.39 is 0 Å². The Balaban J connectivity index is 1.65. The highest BCUT2D eigenvalue weighted by atomic mass is 16.2. The standard InChI is InChI=1S/C32H30N6O/c1-36(2)26-17-15-25(16-18-26)33-30-31(35-29(34-30)23-11-7-5-8-12-23)38(32(39)24-13-9-6-10-14-24)28-21-19-27(20-22-28)37(3)4/h5-22H,1-4H3. The lowest BCUT2D eigenvalue weighted by atomic mass is 10.1. The van der Waals surface area contributed by atoms with Crippen molar-refractivity contribution in [2.75, 3.05) is 42.9 Å². The second kappa shape index (κ2) is 11.1. The Morgan fingerprint density at radius 2 is 1.13 bits per heavy atom. The summed E-state index contributed by atoms with van der Waals surface area (Å²) in [6.07, 6.45) is 0. The van der Waals surface area contributed by atoms with Gasteiger partial charge in [-0.2, -0.15) is 0 Å². The average molecular weight is 515 g/mol. The molecule has 0 spiro atoms. The summed E-state index contributed by atoms with van der Waals surface area (Å²) in [5, 5.41) is 0. The normalized spacial score (nSPS) is 13.6. The van der Waals surface area contributed by atoms with Crippen LogP contribution < -0.4 is 14.7 Å². The summed E-state index contributed by atoms with van der Waals surface area (Å²) in [6, 6.07) is 34.6. The molecule has 0 fully saturated rings. The zero-order chi connectivity index (χ0) is 27.4. The highest BCUT2D eigenvalue weighted by Gasteiger charge is 2.31. The Kier molecular flexibility index (Phi) is 7.32. The fourth-order valence-electron chi connectivity index (χ4n) is 4.16. The van der Waals surface area contributed by atoms with Crippen molar-refractivity contribution in [3.05, 3.63) is 120 Å². The van der Waals surface area contributed by atoms with Crippen LogP contribution in [0.25, 0.3) is 0 Å². The summed E-state index contributed by atoms with van der Waals surface area (Å²) < 4.78 is 0. The number of benzene rings is 4. The van der Waals surface area contributed by atoms with Crippen molar-refractivity contribution in [1.29, 1.82) is 0 Å². The molecular formula is C32H30N6O. The molecule has 0 bridgehead atoms. The second-order valence-electron chi connectivity index (χ2n) is 9.50. The van der Waals surface area contributed by atoms with Gasteiger partial charge in [0.25, 0.3) is 5.91 Å². The van der Waals surface area contributed by atoms with Crippen molar-refractivity contribution >= 4 is 46.2 Å². The van der Waals surface area contributed by atoms with E-state index in [0.29, 0.717) is 28.8 Å². The number of rotatable bonds is 6. The molecule has 7 nitrogen and oxygen atoms in total. The fourth-order valence-corrected chi connectivity index (χ4v) is 4.16. The molecule has 0 aromatic heterocycles. The summed E-state index contributed by atoms with van der Waals surface area (Å²) in [6.45, 7) is 0. The fraction of sp³-hybridized carbons (Fsp3) is 0.125. The Bertz CT molecular complexity index is 1540. The van der Waals surface area contributed by atoms with Gasteiger partial charge in [0.2, 0.25) is 0 Å². The number of anilines is 3. The van der Waals surface area contributed by atoms with Gasteiger partial charge in [0.15, 0.2) is 17.5 Å². The Morgan fingerprint density at radius 1 is 0.615 bits per heavy atom. The van der Waals surface area contributed by atoms with Gasteiger partial charge in [0.05, 0.1) is 11.4 Å². The van der Waals surface area contributed by atoms with E-state index in [-0.39, 0.29) is 5.91 Å². The molecule has 39 heavy (non-hydrogen) atoms. The van der Waals surface area contributed by atoms with E-state index in [1.54, 1.807) is 17.0 Å². The monoisotopic (exact) mass is 514 g/mol. The van der Waals surface area contributed by atoms with Crippen LogP contribution in [-0.4, -0.2) is 51.6 Å². The van der Waals surface area contributed by atoms with Crippen molar-refractivity contribution in [2.45, 2.75) is 0 Å². The Morgan fingerprint density at radius 3 is 1.69 bits per heavy atom. The highest BCUT2D eigenvalue weighted by molar-refractivity contribution is 6.56. The molecule has 5 rings (SSSR count). The van der Waals surface area contributed by atoms with Crippen LogP contribution >= 0.6 is 0 Å². The minimum atomic E-state index is -0.216. The lowest BCUT2D eigenvalue weighted by Gasteiger charge is -2.23. The van der Waals surface area contributed by atoms with Crippen LogP contribution in [0.15, 0.2) is 124 Å². The summed E-state index contributed by atoms with van der Waals surface area (Å²) in [4.78, 5) is 34.2. The molecule has 4 aromatic carbocycles. The number of amides is 1. The van der Waals surface area contributed by atoms with Gasteiger partial charge in [0.1, 0.15) is 0 Å². The number of amidine groups is 3. The van der Waals surface area contributed by atoms with Gasteiger partial charge >= 0.3 is 0 Å². The molecule has 1 aliphatic heterocycles. The average Bonchev–Trinajstić information content (AvgIpc) is 3.37. The molecule has 194 valence electrons. The van der Waals surface area contributed by atoms with E-state index in [9.17, 15) is 4.79 Å². The minimum absolute atomic E-state index is 0.216. The van der Waals surface area contributed by atoms with Crippen LogP contribution in [-0.2, 0) is 0 Å². The first-order chi connectivity index (χ1) is 18.9. The maximum Gasteiger partial charge on any atom is 0.264 e.